The van der Waals surface area contributed by atoms with Gasteiger partial charge in [-0.05, 0) is 32.3 Å². The lowest BCUT2D eigenvalue weighted by Crippen LogP contribution is -2.06. The predicted octanol–water partition coefficient (Wildman–Crippen LogP) is 1.69. The first kappa shape index (κ1) is 6.92. The number of fused-ring (bicyclic) bond motifs is 1. The maximum Gasteiger partial charge on any atom is 0.0807 e. The van der Waals surface area contributed by atoms with E-state index < -0.39 is 0 Å². The van der Waals surface area contributed by atoms with Gasteiger partial charge in [-0.15, -0.1) is 0 Å². The third-order valence-corrected chi connectivity index (χ3v) is 2.33. The second-order valence-electron chi connectivity index (χ2n) is 3.29. The Morgan fingerprint density at radius 1 is 1.64 bits per heavy atom. The van der Waals surface area contributed by atoms with Crippen LogP contribution in [-0.4, -0.2) is 10.1 Å². The molecule has 0 radical (unpaired) electrons. The lowest BCUT2D eigenvalue weighted by molar-refractivity contribution is 0.156. The first-order valence-electron chi connectivity index (χ1n) is 4.14. The molecule has 1 aromatic heterocycles. The quantitative estimate of drug-likeness (QED) is 0.581. The van der Waals surface area contributed by atoms with Crippen LogP contribution < -0.4 is 0 Å². The van der Waals surface area contributed by atoms with Gasteiger partial charge in [-0.2, -0.15) is 0 Å². The molecular formula is C9H13NO. The Morgan fingerprint density at radius 3 is 3.18 bits per heavy atom. The SMILES string of the molecule is Cc1cc2c([nH]1)CCCC2O. The summed E-state index contributed by atoms with van der Waals surface area (Å²) in [4.78, 5) is 3.27. The zero-order chi connectivity index (χ0) is 7.84. The van der Waals surface area contributed by atoms with Crippen molar-refractivity contribution in [3.05, 3.63) is 23.0 Å². The molecule has 0 fully saturated rings. The van der Waals surface area contributed by atoms with Crippen molar-refractivity contribution in [3.63, 3.8) is 0 Å². The fourth-order valence-electron chi connectivity index (χ4n) is 1.80. The van der Waals surface area contributed by atoms with Crippen LogP contribution in [0.1, 0.15) is 35.9 Å². The van der Waals surface area contributed by atoms with Crippen LogP contribution in [0.2, 0.25) is 0 Å². The molecule has 1 atom stereocenters. The van der Waals surface area contributed by atoms with E-state index in [2.05, 4.69) is 11.1 Å². The van der Waals surface area contributed by atoms with E-state index in [0.29, 0.717) is 0 Å². The lowest BCUT2D eigenvalue weighted by atomic mass is 9.95. The highest BCUT2D eigenvalue weighted by molar-refractivity contribution is 5.29. The summed E-state index contributed by atoms with van der Waals surface area (Å²) in [5, 5.41) is 9.55. The van der Waals surface area contributed by atoms with Gasteiger partial charge in [0.1, 0.15) is 0 Å². The number of aromatic nitrogens is 1. The number of rotatable bonds is 0. The van der Waals surface area contributed by atoms with Crippen molar-refractivity contribution in [2.45, 2.75) is 32.3 Å². The maximum atomic E-state index is 9.55. The third kappa shape index (κ3) is 1.07. The molecule has 2 rings (SSSR count). The number of aryl methyl sites for hydroxylation is 2. The average molecular weight is 151 g/mol. The van der Waals surface area contributed by atoms with Crippen molar-refractivity contribution in [1.82, 2.24) is 4.98 Å². The van der Waals surface area contributed by atoms with E-state index in [-0.39, 0.29) is 6.10 Å². The van der Waals surface area contributed by atoms with Crippen molar-refractivity contribution in [3.8, 4) is 0 Å². The monoisotopic (exact) mass is 151 g/mol. The van der Waals surface area contributed by atoms with E-state index in [0.717, 1.165) is 30.5 Å². The fraction of sp³-hybridized carbons (Fsp3) is 0.556. The molecule has 1 aromatic rings. The Hall–Kier alpha value is -0.760. The van der Waals surface area contributed by atoms with E-state index >= 15 is 0 Å². The topological polar surface area (TPSA) is 36.0 Å². The standard InChI is InChI=1S/C9H13NO/c1-6-5-7-8(10-6)3-2-4-9(7)11/h5,9-11H,2-4H2,1H3. The molecule has 0 bridgehead atoms. The van der Waals surface area contributed by atoms with Gasteiger partial charge < -0.3 is 10.1 Å². The highest BCUT2D eigenvalue weighted by Gasteiger charge is 2.18. The van der Waals surface area contributed by atoms with Gasteiger partial charge in [0.25, 0.3) is 0 Å². The minimum Gasteiger partial charge on any atom is -0.388 e. The van der Waals surface area contributed by atoms with Crippen LogP contribution in [0.5, 0.6) is 0 Å². The molecule has 1 unspecified atom stereocenters. The molecule has 1 aliphatic rings. The Labute approximate surface area is 66.3 Å². The summed E-state index contributed by atoms with van der Waals surface area (Å²) >= 11 is 0. The molecule has 0 spiro atoms. The van der Waals surface area contributed by atoms with E-state index in [4.69, 9.17) is 0 Å². The Morgan fingerprint density at radius 2 is 2.45 bits per heavy atom. The smallest absolute Gasteiger partial charge is 0.0807 e. The summed E-state index contributed by atoms with van der Waals surface area (Å²) in [6.07, 6.45) is 2.90. The molecular weight excluding hydrogens is 138 g/mol. The first-order valence-corrected chi connectivity index (χ1v) is 4.14. The van der Waals surface area contributed by atoms with Gasteiger partial charge in [0, 0.05) is 17.0 Å². The van der Waals surface area contributed by atoms with Crippen LogP contribution in [0, 0.1) is 6.92 Å². The van der Waals surface area contributed by atoms with Crippen molar-refractivity contribution in [2.24, 2.45) is 0 Å². The molecule has 0 aliphatic heterocycles. The summed E-state index contributed by atoms with van der Waals surface area (Å²) in [5.41, 5.74) is 3.52. The lowest BCUT2D eigenvalue weighted by Gasteiger charge is -2.16. The van der Waals surface area contributed by atoms with Gasteiger partial charge in [-0.1, -0.05) is 0 Å². The highest BCUT2D eigenvalue weighted by Crippen LogP contribution is 2.29. The van der Waals surface area contributed by atoms with Crippen LogP contribution in [0.25, 0.3) is 0 Å². The second kappa shape index (κ2) is 2.38. The molecule has 0 saturated carbocycles. The zero-order valence-electron chi connectivity index (χ0n) is 6.72. The molecule has 11 heavy (non-hydrogen) atoms. The first-order chi connectivity index (χ1) is 5.27. The number of H-pyrrole nitrogens is 1. The van der Waals surface area contributed by atoms with Crippen LogP contribution >= 0.6 is 0 Å². The molecule has 2 nitrogen and oxygen atoms in total. The third-order valence-electron chi connectivity index (χ3n) is 2.33. The van der Waals surface area contributed by atoms with Gasteiger partial charge >= 0.3 is 0 Å². The highest BCUT2D eigenvalue weighted by atomic mass is 16.3. The molecule has 2 heteroatoms. The maximum absolute atomic E-state index is 9.55. The van der Waals surface area contributed by atoms with Gasteiger partial charge in [0.15, 0.2) is 0 Å². The second-order valence-corrected chi connectivity index (χ2v) is 3.29. The minimum atomic E-state index is -0.219. The van der Waals surface area contributed by atoms with E-state index in [1.807, 2.05) is 6.92 Å². The number of nitrogens with one attached hydrogen (secondary N) is 1. The van der Waals surface area contributed by atoms with Crippen molar-refractivity contribution in [2.75, 3.05) is 0 Å². The number of hydrogen-bond acceptors (Lipinski definition) is 1. The normalized spacial score (nSPS) is 23.3. The molecule has 1 heterocycles. The molecule has 60 valence electrons. The van der Waals surface area contributed by atoms with Gasteiger partial charge in [-0.25, -0.2) is 0 Å². The molecule has 1 aliphatic carbocycles. The summed E-state index contributed by atoms with van der Waals surface area (Å²) in [7, 11) is 0. The van der Waals surface area contributed by atoms with Crippen LogP contribution in [0.3, 0.4) is 0 Å². The number of aliphatic hydroxyl groups excluding tert-OH is 1. The Kier molecular flexibility index (Phi) is 1.50. The van der Waals surface area contributed by atoms with Crippen LogP contribution in [-0.2, 0) is 6.42 Å². The summed E-state index contributed by atoms with van der Waals surface area (Å²) in [6.45, 7) is 2.03. The number of aliphatic hydroxyl groups is 1. The average Bonchev–Trinajstić information content (AvgIpc) is 2.31. The number of hydrogen-bond donors (Lipinski definition) is 2. The zero-order valence-corrected chi connectivity index (χ0v) is 6.72. The van der Waals surface area contributed by atoms with Crippen LogP contribution in [0.4, 0.5) is 0 Å². The molecule has 0 amide bonds. The van der Waals surface area contributed by atoms with Gasteiger partial charge in [0.2, 0.25) is 0 Å². The van der Waals surface area contributed by atoms with Crippen molar-refractivity contribution in [1.29, 1.82) is 0 Å². The summed E-state index contributed by atoms with van der Waals surface area (Å²) < 4.78 is 0. The van der Waals surface area contributed by atoms with Crippen molar-refractivity contribution < 1.29 is 5.11 Å². The molecule has 0 aromatic carbocycles. The van der Waals surface area contributed by atoms with Crippen molar-refractivity contribution >= 4 is 0 Å². The molecule has 0 saturated heterocycles. The molecule has 2 N–H and O–H groups in total. The van der Waals surface area contributed by atoms with E-state index in [1.165, 1.54) is 5.69 Å². The Balaban J connectivity index is 2.43. The van der Waals surface area contributed by atoms with Gasteiger partial charge in [0.05, 0.1) is 6.10 Å². The van der Waals surface area contributed by atoms with E-state index in [1.54, 1.807) is 0 Å². The minimum absolute atomic E-state index is 0.219. The Bertz CT molecular complexity index is 265. The predicted molar refractivity (Wildman–Crippen MR) is 43.4 cm³/mol. The fourth-order valence-corrected chi connectivity index (χ4v) is 1.80. The largest absolute Gasteiger partial charge is 0.388 e. The van der Waals surface area contributed by atoms with E-state index in [9.17, 15) is 5.11 Å². The van der Waals surface area contributed by atoms with Gasteiger partial charge in [-0.3, -0.25) is 0 Å². The number of aromatic amines is 1. The summed E-state index contributed by atoms with van der Waals surface area (Å²) in [5.74, 6) is 0. The summed E-state index contributed by atoms with van der Waals surface area (Å²) in [6, 6.07) is 2.05. The van der Waals surface area contributed by atoms with Crippen LogP contribution in [0.15, 0.2) is 6.07 Å².